The van der Waals surface area contributed by atoms with E-state index < -0.39 is 24.1 Å². The molecule has 10 heteroatoms. The summed E-state index contributed by atoms with van der Waals surface area (Å²) < 4.78 is 68.7. The number of nitrogens with zero attached hydrogens (tertiary/aromatic N) is 3. The minimum Gasteiger partial charge on any atom is -0.434 e. The van der Waals surface area contributed by atoms with Gasteiger partial charge in [-0.25, -0.2) is 0 Å². The van der Waals surface area contributed by atoms with Gasteiger partial charge in [-0.2, -0.15) is 22.0 Å². The number of piperidine rings is 1. The van der Waals surface area contributed by atoms with Crippen molar-refractivity contribution in [2.45, 2.75) is 42.8 Å². The Bertz CT molecular complexity index is 862. The first-order chi connectivity index (χ1) is 13.6. The Morgan fingerprint density at radius 1 is 1.21 bits per heavy atom. The van der Waals surface area contributed by atoms with E-state index in [0.717, 1.165) is 38.1 Å². The molecule has 0 aliphatic carbocycles. The molecular formula is C19H20F5N3OS. The summed E-state index contributed by atoms with van der Waals surface area (Å²) in [5.41, 5.74) is -0.210. The van der Waals surface area contributed by atoms with Crippen molar-refractivity contribution in [3.05, 3.63) is 35.4 Å². The van der Waals surface area contributed by atoms with E-state index in [2.05, 4.69) is 26.9 Å². The Morgan fingerprint density at radius 2 is 1.97 bits per heavy atom. The Labute approximate surface area is 169 Å². The van der Waals surface area contributed by atoms with Gasteiger partial charge in [0, 0.05) is 17.4 Å². The lowest BCUT2D eigenvalue weighted by molar-refractivity contribution is -0.138. The van der Waals surface area contributed by atoms with Gasteiger partial charge in [-0.3, -0.25) is 0 Å². The molecule has 2 aromatic rings. The van der Waals surface area contributed by atoms with Crippen LogP contribution in [0.2, 0.25) is 0 Å². The topological polar surface area (TPSA) is 38.2 Å². The molecule has 2 heterocycles. The third-order valence-electron chi connectivity index (χ3n) is 4.61. The van der Waals surface area contributed by atoms with Gasteiger partial charge in [0.25, 0.3) is 0 Å². The van der Waals surface area contributed by atoms with E-state index in [4.69, 9.17) is 0 Å². The van der Waals surface area contributed by atoms with E-state index in [1.54, 1.807) is 24.8 Å². The van der Waals surface area contributed by atoms with Gasteiger partial charge in [0.05, 0.1) is 11.3 Å². The van der Waals surface area contributed by atoms with Crippen LogP contribution in [0.15, 0.2) is 29.3 Å². The first kappa shape index (κ1) is 21.8. The molecule has 0 saturated carbocycles. The number of aromatic nitrogens is 2. The quantitative estimate of drug-likeness (QED) is 0.602. The molecule has 29 heavy (non-hydrogen) atoms. The maximum absolute atomic E-state index is 12.9. The summed E-state index contributed by atoms with van der Waals surface area (Å²) in [6, 6.07) is 4.23. The fourth-order valence-electron chi connectivity index (χ4n) is 3.26. The number of thioether (sulfide) groups is 1. The van der Waals surface area contributed by atoms with Crippen molar-refractivity contribution in [2.24, 2.45) is 0 Å². The van der Waals surface area contributed by atoms with Crippen LogP contribution < -0.4 is 4.74 Å². The second-order valence-corrected chi connectivity index (χ2v) is 8.27. The zero-order chi connectivity index (χ0) is 21.2. The van der Waals surface area contributed by atoms with Crippen LogP contribution in [-0.2, 0) is 6.18 Å². The number of hydrogen-bond acceptors (Lipinski definition) is 5. The summed E-state index contributed by atoms with van der Waals surface area (Å²) >= 11 is 1.59. The predicted molar refractivity (Wildman–Crippen MR) is 100 cm³/mol. The summed E-state index contributed by atoms with van der Waals surface area (Å²) in [5.74, 6) is -0.582. The van der Waals surface area contributed by atoms with E-state index in [9.17, 15) is 22.0 Å². The largest absolute Gasteiger partial charge is 0.434 e. The SMILES string of the molecule is Cc1cc(S[C@@H]2CCCN(C)C2)nnc1-c1ccc(C(F)(F)F)cc1OC(F)F. The van der Waals surface area contributed by atoms with Crippen molar-refractivity contribution in [3.63, 3.8) is 0 Å². The molecule has 0 bridgehead atoms. The Morgan fingerprint density at radius 3 is 2.59 bits per heavy atom. The average Bonchev–Trinajstić information content (AvgIpc) is 2.61. The van der Waals surface area contributed by atoms with Crippen LogP contribution in [0, 0.1) is 6.92 Å². The van der Waals surface area contributed by atoms with E-state index in [1.165, 1.54) is 0 Å². The molecule has 1 atom stereocenters. The highest BCUT2D eigenvalue weighted by molar-refractivity contribution is 7.99. The fraction of sp³-hybridized carbons (Fsp3) is 0.474. The first-order valence-electron chi connectivity index (χ1n) is 8.99. The maximum atomic E-state index is 12.9. The smallest absolute Gasteiger partial charge is 0.416 e. The van der Waals surface area contributed by atoms with Gasteiger partial charge >= 0.3 is 12.8 Å². The fourth-order valence-corrected chi connectivity index (χ4v) is 4.55. The highest BCUT2D eigenvalue weighted by Crippen LogP contribution is 2.38. The lowest BCUT2D eigenvalue weighted by Crippen LogP contribution is -2.33. The van der Waals surface area contributed by atoms with Crippen LogP contribution in [0.25, 0.3) is 11.3 Å². The van der Waals surface area contributed by atoms with Crippen molar-refractivity contribution in [2.75, 3.05) is 20.1 Å². The molecule has 1 aliphatic heterocycles. The minimum atomic E-state index is -4.67. The molecule has 158 valence electrons. The van der Waals surface area contributed by atoms with Crippen molar-refractivity contribution in [1.29, 1.82) is 0 Å². The molecule has 1 aliphatic rings. The number of rotatable bonds is 5. The van der Waals surface area contributed by atoms with Crippen LogP contribution in [0.3, 0.4) is 0 Å². The van der Waals surface area contributed by atoms with Crippen molar-refractivity contribution in [1.82, 2.24) is 15.1 Å². The summed E-state index contributed by atoms with van der Waals surface area (Å²) in [7, 11) is 2.06. The van der Waals surface area contributed by atoms with Crippen LogP contribution in [0.4, 0.5) is 22.0 Å². The molecule has 0 N–H and O–H groups in total. The Balaban J connectivity index is 1.89. The van der Waals surface area contributed by atoms with Crippen molar-refractivity contribution < 1.29 is 26.7 Å². The van der Waals surface area contributed by atoms with E-state index in [0.29, 0.717) is 21.9 Å². The molecule has 0 spiro atoms. The summed E-state index contributed by atoms with van der Waals surface area (Å²) in [6.07, 6.45) is -2.52. The van der Waals surface area contributed by atoms with E-state index in [1.807, 2.05) is 0 Å². The summed E-state index contributed by atoms with van der Waals surface area (Å²) in [5, 5.41) is 9.32. The number of aryl methyl sites for hydroxylation is 1. The lowest BCUT2D eigenvalue weighted by atomic mass is 10.0. The monoisotopic (exact) mass is 433 g/mol. The molecule has 1 saturated heterocycles. The maximum Gasteiger partial charge on any atom is 0.416 e. The standard InChI is InChI=1S/C19H20F5N3OS/c1-11-8-16(29-13-4-3-7-27(2)10-13)25-26-17(11)14-6-5-12(19(22,23)24)9-15(14)28-18(20)21/h5-6,8-9,13,18H,3-4,7,10H2,1-2H3/t13-/m1/s1. The summed E-state index contributed by atoms with van der Waals surface area (Å²) in [4.78, 5) is 2.24. The van der Waals surface area contributed by atoms with Crippen LogP contribution in [0.5, 0.6) is 5.75 Å². The number of hydrogen-bond donors (Lipinski definition) is 0. The number of alkyl halides is 5. The zero-order valence-corrected chi connectivity index (χ0v) is 16.7. The normalized spacial score (nSPS) is 18.3. The second kappa shape index (κ2) is 8.83. The molecule has 0 unspecified atom stereocenters. The van der Waals surface area contributed by atoms with Crippen molar-refractivity contribution in [3.8, 4) is 17.0 Å². The van der Waals surface area contributed by atoms with Gasteiger partial charge in [0.15, 0.2) is 0 Å². The number of ether oxygens (including phenoxy) is 1. The Hall–Kier alpha value is -1.94. The Kier molecular flexibility index (Phi) is 6.62. The van der Waals surface area contributed by atoms with Crippen LogP contribution in [0.1, 0.15) is 24.0 Å². The molecule has 3 rings (SSSR count). The first-order valence-corrected chi connectivity index (χ1v) is 9.87. The predicted octanol–water partition coefficient (Wildman–Crippen LogP) is 5.26. The van der Waals surface area contributed by atoms with Crippen molar-refractivity contribution >= 4 is 11.8 Å². The van der Waals surface area contributed by atoms with Gasteiger partial charge in [0.1, 0.15) is 10.8 Å². The summed E-state index contributed by atoms with van der Waals surface area (Å²) in [6.45, 7) is 0.439. The number of benzene rings is 1. The average molecular weight is 433 g/mol. The molecule has 1 aromatic heterocycles. The molecule has 0 radical (unpaired) electrons. The van der Waals surface area contributed by atoms with Crippen LogP contribution in [-0.4, -0.2) is 47.1 Å². The lowest BCUT2D eigenvalue weighted by Gasteiger charge is -2.28. The third kappa shape index (κ3) is 5.57. The second-order valence-electron chi connectivity index (χ2n) is 6.95. The van der Waals surface area contributed by atoms with Gasteiger partial charge in [0.2, 0.25) is 0 Å². The zero-order valence-electron chi connectivity index (χ0n) is 15.8. The third-order valence-corrected chi connectivity index (χ3v) is 5.77. The van der Waals surface area contributed by atoms with Gasteiger partial charge in [-0.05, 0) is 63.2 Å². The molecule has 1 fully saturated rings. The molecular weight excluding hydrogens is 413 g/mol. The van der Waals surface area contributed by atoms with Gasteiger partial charge < -0.3 is 9.64 Å². The van der Waals surface area contributed by atoms with Gasteiger partial charge in [-0.15, -0.1) is 10.2 Å². The van der Waals surface area contributed by atoms with Crippen LogP contribution >= 0.6 is 11.8 Å². The van der Waals surface area contributed by atoms with Gasteiger partial charge in [-0.1, -0.05) is 11.8 Å². The molecule has 0 amide bonds. The van der Waals surface area contributed by atoms with E-state index in [-0.39, 0.29) is 11.3 Å². The molecule has 1 aromatic carbocycles. The number of likely N-dealkylation sites (tertiary alicyclic amines) is 1. The number of halogens is 5. The minimum absolute atomic E-state index is 0.0391. The highest BCUT2D eigenvalue weighted by Gasteiger charge is 2.32. The van der Waals surface area contributed by atoms with E-state index >= 15 is 0 Å². The molecule has 4 nitrogen and oxygen atoms in total. The highest BCUT2D eigenvalue weighted by atomic mass is 32.2.